The van der Waals surface area contributed by atoms with Gasteiger partial charge in [-0.15, -0.1) is 0 Å². The maximum atomic E-state index is 5.93. The van der Waals surface area contributed by atoms with Crippen molar-refractivity contribution in [3.05, 3.63) is 33.3 Å². The van der Waals surface area contributed by atoms with Gasteiger partial charge in [0.25, 0.3) is 0 Å². The van der Waals surface area contributed by atoms with Gasteiger partial charge in [0.05, 0.1) is 5.02 Å². The van der Waals surface area contributed by atoms with E-state index in [4.69, 9.17) is 17.3 Å². The average molecular weight is 249 g/mol. The van der Waals surface area contributed by atoms with Gasteiger partial charge in [0, 0.05) is 4.47 Å². The van der Waals surface area contributed by atoms with Crippen LogP contribution >= 0.6 is 27.5 Å². The lowest BCUT2D eigenvalue weighted by Crippen LogP contribution is -2.08. The zero-order valence-corrected chi connectivity index (χ0v) is 9.19. The molecule has 12 heavy (non-hydrogen) atoms. The maximum Gasteiger partial charge on any atom is 0.0550 e. The minimum atomic E-state index is 0.371. The van der Waals surface area contributed by atoms with Crippen molar-refractivity contribution in [2.24, 2.45) is 5.73 Å². The summed E-state index contributed by atoms with van der Waals surface area (Å²) < 4.78 is 0.928. The molecule has 0 bridgehead atoms. The summed E-state index contributed by atoms with van der Waals surface area (Å²) in [4.78, 5) is 0. The predicted molar refractivity (Wildman–Crippen MR) is 56.6 cm³/mol. The van der Waals surface area contributed by atoms with Crippen molar-refractivity contribution in [2.75, 3.05) is 6.54 Å². The molecule has 0 spiro atoms. The molecule has 0 fully saturated rings. The van der Waals surface area contributed by atoms with Gasteiger partial charge < -0.3 is 5.73 Å². The molecular formula is C9H11BrClN. The summed E-state index contributed by atoms with van der Waals surface area (Å²) >= 11 is 9.26. The highest BCUT2D eigenvalue weighted by atomic mass is 79.9. The third kappa shape index (κ3) is 2.22. The smallest absolute Gasteiger partial charge is 0.0550 e. The van der Waals surface area contributed by atoms with Crippen LogP contribution in [0.4, 0.5) is 0 Å². The van der Waals surface area contributed by atoms with Gasteiger partial charge in [-0.1, -0.05) is 24.6 Å². The van der Waals surface area contributed by atoms with Crippen molar-refractivity contribution in [1.29, 1.82) is 0 Å². The highest BCUT2D eigenvalue weighted by Crippen LogP contribution is 2.26. The molecule has 0 aliphatic rings. The van der Waals surface area contributed by atoms with Crippen molar-refractivity contribution in [3.63, 3.8) is 0 Å². The normalized spacial score (nSPS) is 13.0. The van der Waals surface area contributed by atoms with Crippen LogP contribution in [0.3, 0.4) is 0 Å². The van der Waals surface area contributed by atoms with E-state index in [1.165, 1.54) is 5.56 Å². The third-order valence-electron chi connectivity index (χ3n) is 1.87. The van der Waals surface area contributed by atoms with Crippen molar-refractivity contribution < 1.29 is 0 Å². The van der Waals surface area contributed by atoms with Crippen LogP contribution in [-0.2, 0) is 0 Å². The van der Waals surface area contributed by atoms with E-state index in [0.717, 1.165) is 9.50 Å². The Bertz CT molecular complexity index is 275. The zero-order chi connectivity index (χ0) is 9.14. The average Bonchev–Trinajstić information content (AvgIpc) is 2.08. The Morgan fingerprint density at radius 2 is 2.25 bits per heavy atom. The molecular weight excluding hydrogens is 237 g/mol. The zero-order valence-electron chi connectivity index (χ0n) is 6.85. The van der Waals surface area contributed by atoms with E-state index >= 15 is 0 Å². The van der Waals surface area contributed by atoms with E-state index in [1.807, 2.05) is 18.2 Å². The van der Waals surface area contributed by atoms with Gasteiger partial charge in [-0.25, -0.2) is 0 Å². The number of nitrogens with two attached hydrogens (primary N) is 1. The van der Waals surface area contributed by atoms with Gasteiger partial charge >= 0.3 is 0 Å². The monoisotopic (exact) mass is 247 g/mol. The Morgan fingerprint density at radius 3 is 2.75 bits per heavy atom. The molecule has 1 aromatic rings. The van der Waals surface area contributed by atoms with E-state index in [2.05, 4.69) is 22.9 Å². The summed E-state index contributed by atoms with van der Waals surface area (Å²) in [5.74, 6) is 0.371. The topological polar surface area (TPSA) is 26.0 Å². The fourth-order valence-electron chi connectivity index (χ4n) is 0.955. The molecule has 1 atom stereocenters. The molecule has 1 unspecified atom stereocenters. The second kappa shape index (κ2) is 4.26. The highest BCUT2D eigenvalue weighted by molar-refractivity contribution is 9.10. The van der Waals surface area contributed by atoms with Crippen molar-refractivity contribution in [2.45, 2.75) is 12.8 Å². The number of halogens is 2. The predicted octanol–water partition coefficient (Wildman–Crippen LogP) is 3.16. The van der Waals surface area contributed by atoms with Crippen LogP contribution < -0.4 is 5.73 Å². The summed E-state index contributed by atoms with van der Waals surface area (Å²) in [5, 5.41) is 0.743. The van der Waals surface area contributed by atoms with Gasteiger partial charge in [-0.2, -0.15) is 0 Å². The maximum absolute atomic E-state index is 5.93. The van der Waals surface area contributed by atoms with Crippen LogP contribution in [0.2, 0.25) is 5.02 Å². The van der Waals surface area contributed by atoms with Gasteiger partial charge in [0.1, 0.15) is 0 Å². The van der Waals surface area contributed by atoms with E-state index in [-0.39, 0.29) is 0 Å². The molecule has 0 aliphatic carbocycles. The summed E-state index contributed by atoms with van der Waals surface area (Å²) in [6.45, 7) is 2.73. The quantitative estimate of drug-likeness (QED) is 0.855. The van der Waals surface area contributed by atoms with Gasteiger partial charge in [0.15, 0.2) is 0 Å². The van der Waals surface area contributed by atoms with Crippen LogP contribution in [0.5, 0.6) is 0 Å². The minimum absolute atomic E-state index is 0.371. The number of rotatable bonds is 2. The first-order chi connectivity index (χ1) is 5.65. The summed E-state index contributed by atoms with van der Waals surface area (Å²) in [5.41, 5.74) is 6.72. The lowest BCUT2D eigenvalue weighted by Gasteiger charge is -2.09. The molecule has 3 heteroatoms. The molecule has 0 aromatic heterocycles. The Balaban J connectivity index is 2.96. The summed E-state index contributed by atoms with van der Waals surface area (Å²) in [7, 11) is 0. The Kier molecular flexibility index (Phi) is 3.56. The summed E-state index contributed by atoms with van der Waals surface area (Å²) in [6, 6.07) is 5.93. The minimum Gasteiger partial charge on any atom is -0.330 e. The van der Waals surface area contributed by atoms with E-state index in [9.17, 15) is 0 Å². The summed E-state index contributed by atoms with van der Waals surface area (Å²) in [6.07, 6.45) is 0. The van der Waals surface area contributed by atoms with Crippen LogP contribution in [0, 0.1) is 0 Å². The van der Waals surface area contributed by atoms with Gasteiger partial charge in [-0.05, 0) is 46.1 Å². The second-order valence-corrected chi connectivity index (χ2v) is 4.07. The molecule has 1 rings (SSSR count). The fraction of sp³-hybridized carbons (Fsp3) is 0.333. The highest BCUT2D eigenvalue weighted by Gasteiger charge is 2.04. The van der Waals surface area contributed by atoms with Crippen molar-refractivity contribution >= 4 is 27.5 Å². The van der Waals surface area contributed by atoms with E-state index in [1.54, 1.807) is 0 Å². The molecule has 0 saturated heterocycles. The molecule has 1 nitrogen and oxygen atoms in total. The van der Waals surface area contributed by atoms with Gasteiger partial charge in [0.2, 0.25) is 0 Å². The number of hydrogen-bond donors (Lipinski definition) is 1. The first kappa shape index (κ1) is 10.0. The molecule has 0 amide bonds. The van der Waals surface area contributed by atoms with Crippen molar-refractivity contribution in [1.82, 2.24) is 0 Å². The molecule has 2 N–H and O–H groups in total. The van der Waals surface area contributed by atoms with E-state index < -0.39 is 0 Å². The van der Waals surface area contributed by atoms with Gasteiger partial charge in [-0.3, -0.25) is 0 Å². The first-order valence-electron chi connectivity index (χ1n) is 3.80. The number of hydrogen-bond acceptors (Lipinski definition) is 1. The second-order valence-electron chi connectivity index (χ2n) is 2.81. The largest absolute Gasteiger partial charge is 0.330 e. The van der Waals surface area contributed by atoms with Crippen LogP contribution in [0.1, 0.15) is 18.4 Å². The van der Waals surface area contributed by atoms with Crippen LogP contribution in [0.25, 0.3) is 0 Å². The van der Waals surface area contributed by atoms with Crippen LogP contribution in [0.15, 0.2) is 22.7 Å². The van der Waals surface area contributed by atoms with Crippen LogP contribution in [-0.4, -0.2) is 6.54 Å². The molecule has 0 heterocycles. The molecule has 66 valence electrons. The standard InChI is InChI=1S/C9H11BrClN/c1-6(5-12)7-2-3-8(10)9(11)4-7/h2-4,6H,5,12H2,1H3. The lowest BCUT2D eigenvalue weighted by atomic mass is 10.0. The number of benzene rings is 1. The Morgan fingerprint density at radius 1 is 1.58 bits per heavy atom. The fourth-order valence-corrected chi connectivity index (χ4v) is 1.39. The SMILES string of the molecule is CC(CN)c1ccc(Br)c(Cl)c1. The first-order valence-corrected chi connectivity index (χ1v) is 4.97. The molecule has 0 saturated carbocycles. The Labute approximate surface area is 86.0 Å². The molecule has 0 radical (unpaired) electrons. The molecule has 0 aliphatic heterocycles. The third-order valence-corrected chi connectivity index (χ3v) is 3.10. The van der Waals surface area contributed by atoms with Crippen molar-refractivity contribution in [3.8, 4) is 0 Å². The Hall–Kier alpha value is -0.0500. The molecule has 1 aromatic carbocycles. The van der Waals surface area contributed by atoms with E-state index in [0.29, 0.717) is 12.5 Å². The lowest BCUT2D eigenvalue weighted by molar-refractivity contribution is 0.774.